The molecule has 0 bridgehead atoms. The van der Waals surface area contributed by atoms with E-state index in [1.807, 2.05) is 18.2 Å². The van der Waals surface area contributed by atoms with E-state index in [2.05, 4.69) is 4.98 Å². The van der Waals surface area contributed by atoms with Gasteiger partial charge >= 0.3 is 5.97 Å². The van der Waals surface area contributed by atoms with Gasteiger partial charge in [-0.1, -0.05) is 18.2 Å². The zero-order valence-electron chi connectivity index (χ0n) is 11.8. The van der Waals surface area contributed by atoms with Gasteiger partial charge in [0.25, 0.3) is 0 Å². The van der Waals surface area contributed by atoms with Gasteiger partial charge in [-0.3, -0.25) is 4.79 Å². The molecule has 1 aromatic heterocycles. The molecule has 0 atom stereocenters. The Labute approximate surface area is 134 Å². The van der Waals surface area contributed by atoms with E-state index in [1.54, 1.807) is 6.07 Å². The fraction of sp³-hybridized carbons (Fsp3) is 0.0588. The van der Waals surface area contributed by atoms with Crippen molar-refractivity contribution >= 4 is 39.2 Å². The van der Waals surface area contributed by atoms with Crippen LogP contribution in [-0.4, -0.2) is 16.1 Å². The van der Waals surface area contributed by atoms with Gasteiger partial charge in [-0.25, -0.2) is 13.8 Å². The van der Waals surface area contributed by atoms with Crippen LogP contribution in [0, 0.1) is 11.6 Å². The summed E-state index contributed by atoms with van der Waals surface area (Å²) in [7, 11) is 0. The minimum atomic E-state index is -1.09. The summed E-state index contributed by atoms with van der Waals surface area (Å²) in [4.78, 5) is 15.5. The van der Waals surface area contributed by atoms with Crippen LogP contribution in [0.5, 0.6) is 0 Å². The van der Waals surface area contributed by atoms with Gasteiger partial charge in [0.05, 0.1) is 16.6 Å². The monoisotopic (exact) mass is 331 g/mol. The molecule has 23 heavy (non-hydrogen) atoms. The molecule has 0 radical (unpaired) electrons. The maximum absolute atomic E-state index is 13.8. The fourth-order valence-corrected chi connectivity index (χ4v) is 3.16. The van der Waals surface area contributed by atoms with Crippen LogP contribution in [0.2, 0.25) is 0 Å². The molecule has 0 aliphatic heterocycles. The number of carbonyl (C=O) groups is 1. The average Bonchev–Trinajstić information content (AvgIpc) is 2.93. The van der Waals surface area contributed by atoms with E-state index in [4.69, 9.17) is 5.11 Å². The zero-order valence-corrected chi connectivity index (χ0v) is 12.6. The van der Waals surface area contributed by atoms with Crippen molar-refractivity contribution in [2.45, 2.75) is 6.42 Å². The van der Waals surface area contributed by atoms with Gasteiger partial charge in [-0.15, -0.1) is 11.3 Å². The summed E-state index contributed by atoms with van der Waals surface area (Å²) >= 11 is 1.29. The van der Waals surface area contributed by atoms with Gasteiger partial charge in [0.1, 0.15) is 16.6 Å². The van der Waals surface area contributed by atoms with Crippen molar-refractivity contribution in [2.75, 3.05) is 0 Å². The summed E-state index contributed by atoms with van der Waals surface area (Å²) in [5.41, 5.74) is 0.725. The lowest BCUT2D eigenvalue weighted by molar-refractivity contribution is -0.135. The fourth-order valence-electron chi connectivity index (χ4n) is 2.18. The Kier molecular flexibility index (Phi) is 4.16. The van der Waals surface area contributed by atoms with Gasteiger partial charge in [-0.05, 0) is 35.9 Å². The molecule has 0 fully saturated rings. The highest BCUT2D eigenvalue weighted by molar-refractivity contribution is 7.19. The van der Waals surface area contributed by atoms with Crippen molar-refractivity contribution in [3.8, 4) is 0 Å². The second-order valence-corrected chi connectivity index (χ2v) is 5.89. The summed E-state index contributed by atoms with van der Waals surface area (Å²) in [5, 5.41) is 9.53. The minimum absolute atomic E-state index is 0.261. The van der Waals surface area contributed by atoms with E-state index in [9.17, 15) is 13.6 Å². The third-order valence-corrected chi connectivity index (χ3v) is 4.34. The number of halogens is 2. The van der Waals surface area contributed by atoms with E-state index in [-0.39, 0.29) is 17.6 Å². The smallest absolute Gasteiger partial charge is 0.307 e. The van der Waals surface area contributed by atoms with Gasteiger partial charge in [0.15, 0.2) is 0 Å². The molecule has 0 saturated heterocycles. The number of para-hydroxylation sites is 1. The number of aliphatic carboxylic acids is 1. The number of aromatic nitrogens is 1. The summed E-state index contributed by atoms with van der Waals surface area (Å²) in [5.74, 6) is -2.57. The third kappa shape index (κ3) is 3.27. The molecular formula is C17H11F2NO2S. The molecule has 3 rings (SSSR count). The molecule has 0 unspecified atom stereocenters. The second-order valence-electron chi connectivity index (χ2n) is 4.86. The predicted molar refractivity (Wildman–Crippen MR) is 86.1 cm³/mol. The normalized spacial score (nSPS) is 11.8. The van der Waals surface area contributed by atoms with E-state index in [1.165, 1.54) is 23.5 Å². The lowest BCUT2D eigenvalue weighted by atomic mass is 10.1. The first-order valence-corrected chi connectivity index (χ1v) is 7.58. The summed E-state index contributed by atoms with van der Waals surface area (Å²) < 4.78 is 28.5. The molecule has 0 aliphatic rings. The first-order valence-electron chi connectivity index (χ1n) is 6.77. The van der Waals surface area contributed by atoms with E-state index in [0.717, 1.165) is 22.3 Å². The SMILES string of the molecule is O=C(O)C/C(=C/c1c(F)cccc1F)c1nc2ccccc2s1. The van der Waals surface area contributed by atoms with E-state index in [0.29, 0.717) is 5.01 Å². The molecular weight excluding hydrogens is 320 g/mol. The maximum atomic E-state index is 13.8. The molecule has 3 nitrogen and oxygen atoms in total. The Morgan fingerprint density at radius 1 is 1.13 bits per heavy atom. The molecule has 1 heterocycles. The van der Waals surface area contributed by atoms with Crippen molar-refractivity contribution in [1.29, 1.82) is 0 Å². The number of hydrogen-bond acceptors (Lipinski definition) is 3. The Balaban J connectivity index is 2.14. The third-order valence-electron chi connectivity index (χ3n) is 3.23. The first kappa shape index (κ1) is 15.3. The molecule has 0 aliphatic carbocycles. The van der Waals surface area contributed by atoms with Crippen LogP contribution in [0.1, 0.15) is 17.0 Å². The first-order chi connectivity index (χ1) is 11.0. The van der Waals surface area contributed by atoms with Gasteiger partial charge in [0, 0.05) is 5.56 Å². The lowest BCUT2D eigenvalue weighted by Gasteiger charge is -2.04. The molecule has 1 N–H and O–H groups in total. The quantitative estimate of drug-likeness (QED) is 0.761. The summed E-state index contributed by atoms with van der Waals surface area (Å²) in [6.07, 6.45) is 0.851. The van der Waals surface area contributed by atoms with Crippen molar-refractivity contribution in [1.82, 2.24) is 4.98 Å². The van der Waals surface area contributed by atoms with Crippen LogP contribution in [0.4, 0.5) is 8.78 Å². The Morgan fingerprint density at radius 3 is 2.48 bits per heavy atom. The average molecular weight is 331 g/mol. The maximum Gasteiger partial charge on any atom is 0.307 e. The summed E-state index contributed by atoms with van der Waals surface area (Å²) in [6, 6.07) is 10.9. The number of nitrogens with zero attached hydrogens (tertiary/aromatic N) is 1. The van der Waals surface area contributed by atoms with Crippen molar-refractivity contribution in [2.24, 2.45) is 0 Å². The van der Waals surface area contributed by atoms with Crippen LogP contribution >= 0.6 is 11.3 Å². The van der Waals surface area contributed by atoms with E-state index >= 15 is 0 Å². The largest absolute Gasteiger partial charge is 0.481 e. The highest BCUT2D eigenvalue weighted by atomic mass is 32.1. The molecule has 0 saturated carbocycles. The van der Waals surface area contributed by atoms with Gasteiger partial charge in [-0.2, -0.15) is 0 Å². The predicted octanol–water partition coefficient (Wildman–Crippen LogP) is 4.59. The van der Waals surface area contributed by atoms with Crippen LogP contribution in [0.15, 0.2) is 42.5 Å². The topological polar surface area (TPSA) is 50.2 Å². The molecule has 3 aromatic rings. The number of benzene rings is 2. The van der Waals surface area contributed by atoms with Crippen LogP contribution in [0.3, 0.4) is 0 Å². The number of carboxylic acids is 1. The zero-order chi connectivity index (χ0) is 16.4. The van der Waals surface area contributed by atoms with E-state index < -0.39 is 17.6 Å². The number of fused-ring (bicyclic) bond motifs is 1. The van der Waals surface area contributed by atoms with Crippen LogP contribution < -0.4 is 0 Å². The Hall–Kier alpha value is -2.60. The number of thiazole rings is 1. The van der Waals surface area contributed by atoms with Crippen molar-refractivity contribution in [3.63, 3.8) is 0 Å². The number of carboxylic acid groups (broad SMARTS) is 1. The van der Waals surface area contributed by atoms with Crippen molar-refractivity contribution < 1.29 is 18.7 Å². The molecule has 6 heteroatoms. The van der Waals surface area contributed by atoms with Gasteiger partial charge < -0.3 is 5.11 Å². The minimum Gasteiger partial charge on any atom is -0.481 e. The summed E-state index contributed by atoms with van der Waals surface area (Å²) in [6.45, 7) is 0. The number of rotatable bonds is 4. The molecule has 0 amide bonds. The highest BCUT2D eigenvalue weighted by Crippen LogP contribution is 2.31. The highest BCUT2D eigenvalue weighted by Gasteiger charge is 2.15. The van der Waals surface area contributed by atoms with Crippen LogP contribution in [0.25, 0.3) is 21.9 Å². The van der Waals surface area contributed by atoms with Gasteiger partial charge in [0.2, 0.25) is 0 Å². The second kappa shape index (κ2) is 6.26. The lowest BCUT2D eigenvalue weighted by Crippen LogP contribution is -1.98. The van der Waals surface area contributed by atoms with Crippen LogP contribution in [-0.2, 0) is 4.79 Å². The molecule has 0 spiro atoms. The molecule has 2 aromatic carbocycles. The molecule has 116 valence electrons. The Bertz CT molecular complexity index is 865. The Morgan fingerprint density at radius 2 is 1.83 bits per heavy atom. The number of hydrogen-bond donors (Lipinski definition) is 1. The van der Waals surface area contributed by atoms with Crippen molar-refractivity contribution in [3.05, 3.63) is 64.7 Å². The standard InChI is InChI=1S/C17H11F2NO2S/c18-12-4-3-5-13(19)11(12)8-10(9-16(21)22)17-20-14-6-1-2-7-15(14)23-17/h1-8H,9H2,(H,21,22)/b10-8-.